The Balaban J connectivity index is 2.02. The largest absolute Gasteiger partial charge is 0.487 e. The molecule has 0 amide bonds. The van der Waals surface area contributed by atoms with E-state index in [0.29, 0.717) is 6.61 Å². The van der Waals surface area contributed by atoms with E-state index in [2.05, 4.69) is 20.8 Å². The molecular formula is C16H20BrNO3. The molecule has 0 N–H and O–H groups in total. The Morgan fingerprint density at radius 2 is 1.90 bits per heavy atom. The summed E-state index contributed by atoms with van der Waals surface area (Å²) in [5.74, 6) is 0.445. The molecule has 1 aromatic carbocycles. The fraction of sp³-hybridized carbons (Fsp3) is 0.438. The summed E-state index contributed by atoms with van der Waals surface area (Å²) in [4.78, 5) is 13.7. The van der Waals surface area contributed by atoms with Crippen molar-refractivity contribution in [2.45, 2.75) is 19.3 Å². The highest BCUT2D eigenvalue weighted by Gasteiger charge is 2.15. The first-order valence-corrected chi connectivity index (χ1v) is 7.90. The lowest BCUT2D eigenvalue weighted by Crippen LogP contribution is -2.32. The van der Waals surface area contributed by atoms with Gasteiger partial charge in [0.25, 0.3) is 0 Å². The number of carbonyl (C=O) groups excluding carboxylic acids is 1. The molecule has 4 nitrogen and oxygen atoms in total. The van der Waals surface area contributed by atoms with Crippen LogP contribution in [0.5, 0.6) is 5.75 Å². The van der Waals surface area contributed by atoms with Crippen LogP contribution in [0.4, 0.5) is 0 Å². The zero-order chi connectivity index (χ0) is 15.1. The molecule has 0 aromatic heterocycles. The molecule has 2 rings (SSSR count). The molecule has 1 saturated heterocycles. The van der Waals surface area contributed by atoms with E-state index in [-0.39, 0.29) is 5.97 Å². The maximum Gasteiger partial charge on any atom is 0.332 e. The highest BCUT2D eigenvalue weighted by atomic mass is 79.9. The van der Waals surface area contributed by atoms with Crippen molar-refractivity contribution < 1.29 is 14.3 Å². The van der Waals surface area contributed by atoms with Crippen LogP contribution in [0.25, 0.3) is 0 Å². The van der Waals surface area contributed by atoms with Gasteiger partial charge in [0.1, 0.15) is 12.4 Å². The lowest BCUT2D eigenvalue weighted by Gasteiger charge is -2.30. The van der Waals surface area contributed by atoms with Crippen LogP contribution in [0.1, 0.15) is 19.3 Å². The fourth-order valence-electron chi connectivity index (χ4n) is 2.29. The number of nitrogens with zero attached hydrogens (tertiary/aromatic N) is 1. The molecule has 114 valence electrons. The topological polar surface area (TPSA) is 38.8 Å². The summed E-state index contributed by atoms with van der Waals surface area (Å²) in [6.07, 6.45) is 5.08. The third-order valence-electron chi connectivity index (χ3n) is 3.45. The van der Waals surface area contributed by atoms with Gasteiger partial charge in [0.05, 0.1) is 12.8 Å². The Morgan fingerprint density at radius 3 is 2.52 bits per heavy atom. The van der Waals surface area contributed by atoms with Gasteiger partial charge in [-0.05, 0) is 43.5 Å². The number of benzene rings is 1. The average molecular weight is 354 g/mol. The van der Waals surface area contributed by atoms with E-state index in [1.54, 1.807) is 0 Å². The summed E-state index contributed by atoms with van der Waals surface area (Å²) in [6, 6.07) is 7.66. The number of carbonyl (C=O) groups is 1. The van der Waals surface area contributed by atoms with Gasteiger partial charge < -0.3 is 14.4 Å². The SMILES string of the molecule is COC(=O)C=C(COc1ccc(Br)cc1)N1CCCCC1. The maximum atomic E-state index is 11.5. The molecule has 1 heterocycles. The molecule has 0 unspecified atom stereocenters. The first-order chi connectivity index (χ1) is 10.2. The number of halogens is 1. The molecule has 1 aliphatic rings. The van der Waals surface area contributed by atoms with Gasteiger partial charge >= 0.3 is 5.97 Å². The van der Waals surface area contributed by atoms with E-state index < -0.39 is 0 Å². The van der Waals surface area contributed by atoms with E-state index in [0.717, 1.165) is 41.9 Å². The van der Waals surface area contributed by atoms with Crippen LogP contribution in [0.15, 0.2) is 40.5 Å². The summed E-state index contributed by atoms with van der Waals surface area (Å²) in [6.45, 7) is 2.30. The molecule has 1 aromatic rings. The van der Waals surface area contributed by atoms with Crippen LogP contribution >= 0.6 is 15.9 Å². The monoisotopic (exact) mass is 353 g/mol. The number of hydrogen-bond donors (Lipinski definition) is 0. The zero-order valence-corrected chi connectivity index (χ0v) is 13.8. The van der Waals surface area contributed by atoms with Gasteiger partial charge in [0.15, 0.2) is 0 Å². The second-order valence-corrected chi connectivity index (χ2v) is 5.86. The first kappa shape index (κ1) is 15.9. The Kier molecular flexibility index (Phi) is 6.11. The highest BCUT2D eigenvalue weighted by molar-refractivity contribution is 9.10. The third-order valence-corrected chi connectivity index (χ3v) is 3.98. The lowest BCUT2D eigenvalue weighted by atomic mass is 10.1. The molecule has 1 aliphatic heterocycles. The number of esters is 1. The first-order valence-electron chi connectivity index (χ1n) is 7.11. The molecule has 0 radical (unpaired) electrons. The third kappa shape index (κ3) is 5.08. The van der Waals surface area contributed by atoms with Crippen LogP contribution in [-0.2, 0) is 9.53 Å². The Bertz CT molecular complexity index is 493. The molecule has 5 heteroatoms. The number of methoxy groups -OCH3 is 1. The van der Waals surface area contributed by atoms with Crippen molar-refractivity contribution in [3.8, 4) is 5.75 Å². The Morgan fingerprint density at radius 1 is 1.24 bits per heavy atom. The quantitative estimate of drug-likeness (QED) is 0.600. The van der Waals surface area contributed by atoms with Crippen molar-refractivity contribution in [1.29, 1.82) is 0 Å². The molecule has 0 spiro atoms. The summed E-state index contributed by atoms with van der Waals surface area (Å²) < 4.78 is 11.5. The fourth-order valence-corrected chi connectivity index (χ4v) is 2.55. The number of rotatable bonds is 5. The van der Waals surface area contributed by atoms with Gasteiger partial charge in [-0.1, -0.05) is 15.9 Å². The smallest absolute Gasteiger partial charge is 0.332 e. The highest BCUT2D eigenvalue weighted by Crippen LogP contribution is 2.19. The van der Waals surface area contributed by atoms with Gasteiger partial charge in [-0.25, -0.2) is 4.79 Å². The van der Waals surface area contributed by atoms with Gasteiger partial charge in [-0.15, -0.1) is 0 Å². The molecule has 21 heavy (non-hydrogen) atoms. The molecule has 0 atom stereocenters. The number of ether oxygens (including phenoxy) is 2. The molecule has 0 aliphatic carbocycles. The number of piperidine rings is 1. The predicted molar refractivity (Wildman–Crippen MR) is 85.2 cm³/mol. The normalized spacial score (nSPS) is 15.7. The second-order valence-electron chi connectivity index (χ2n) is 4.95. The van der Waals surface area contributed by atoms with Gasteiger partial charge in [0.2, 0.25) is 0 Å². The standard InChI is InChI=1S/C16H20BrNO3/c1-20-16(19)11-14(18-9-3-2-4-10-18)12-21-15-7-5-13(17)6-8-15/h5-8,11H,2-4,9-10,12H2,1H3. The second kappa shape index (κ2) is 8.08. The summed E-state index contributed by atoms with van der Waals surface area (Å²) in [5, 5.41) is 0. The van der Waals surface area contributed by atoms with E-state index in [1.807, 2.05) is 24.3 Å². The van der Waals surface area contributed by atoms with E-state index in [1.165, 1.54) is 19.6 Å². The molecule has 0 bridgehead atoms. The minimum Gasteiger partial charge on any atom is -0.487 e. The van der Waals surface area contributed by atoms with Crippen molar-refractivity contribution in [1.82, 2.24) is 4.90 Å². The number of likely N-dealkylation sites (tertiary alicyclic amines) is 1. The molecule has 0 saturated carbocycles. The predicted octanol–water partition coefficient (Wildman–Crippen LogP) is 3.37. The van der Waals surface area contributed by atoms with E-state index in [4.69, 9.17) is 9.47 Å². The summed E-state index contributed by atoms with van der Waals surface area (Å²) in [5.41, 5.74) is 0.879. The summed E-state index contributed by atoms with van der Waals surface area (Å²) >= 11 is 3.39. The van der Waals surface area contributed by atoms with Crippen molar-refractivity contribution in [3.05, 3.63) is 40.5 Å². The number of hydrogen-bond acceptors (Lipinski definition) is 4. The average Bonchev–Trinajstić information content (AvgIpc) is 2.53. The Labute approximate surface area is 133 Å². The van der Waals surface area contributed by atoms with E-state index >= 15 is 0 Å². The summed E-state index contributed by atoms with van der Waals surface area (Å²) in [7, 11) is 1.39. The molecule has 1 fully saturated rings. The van der Waals surface area contributed by atoms with Crippen LogP contribution < -0.4 is 4.74 Å². The van der Waals surface area contributed by atoms with E-state index in [9.17, 15) is 4.79 Å². The minimum absolute atomic E-state index is 0.338. The lowest BCUT2D eigenvalue weighted by molar-refractivity contribution is -0.135. The van der Waals surface area contributed by atoms with Gasteiger partial charge in [-0.3, -0.25) is 0 Å². The van der Waals surface area contributed by atoms with Crippen molar-refractivity contribution in [3.63, 3.8) is 0 Å². The van der Waals surface area contributed by atoms with Crippen LogP contribution in [0.2, 0.25) is 0 Å². The maximum absolute atomic E-state index is 11.5. The van der Waals surface area contributed by atoms with Crippen LogP contribution in [0, 0.1) is 0 Å². The van der Waals surface area contributed by atoms with Gasteiger partial charge in [0, 0.05) is 23.6 Å². The van der Waals surface area contributed by atoms with Crippen LogP contribution in [0.3, 0.4) is 0 Å². The van der Waals surface area contributed by atoms with Gasteiger partial charge in [-0.2, -0.15) is 0 Å². The van der Waals surface area contributed by atoms with Crippen LogP contribution in [-0.4, -0.2) is 37.7 Å². The van der Waals surface area contributed by atoms with Crippen molar-refractivity contribution in [2.75, 3.05) is 26.8 Å². The Hall–Kier alpha value is -1.49. The molecular weight excluding hydrogens is 334 g/mol. The minimum atomic E-state index is -0.338. The van der Waals surface area contributed by atoms with Crippen molar-refractivity contribution >= 4 is 21.9 Å². The van der Waals surface area contributed by atoms with Crippen molar-refractivity contribution in [2.24, 2.45) is 0 Å². The zero-order valence-electron chi connectivity index (χ0n) is 12.2.